The highest BCUT2D eigenvalue weighted by Gasteiger charge is 2.17. The lowest BCUT2D eigenvalue weighted by Gasteiger charge is -2.14. The molecular weight excluding hydrogens is 568 g/mol. The topological polar surface area (TPSA) is 100 Å². The molecule has 0 saturated heterocycles. The van der Waals surface area contributed by atoms with E-state index in [2.05, 4.69) is 20.9 Å². The highest BCUT2D eigenvalue weighted by molar-refractivity contribution is 8.00. The van der Waals surface area contributed by atoms with Crippen molar-refractivity contribution in [1.29, 1.82) is 0 Å². The van der Waals surface area contributed by atoms with E-state index < -0.39 is 17.1 Å². The summed E-state index contributed by atoms with van der Waals surface area (Å²) in [4.78, 5) is 44.0. The van der Waals surface area contributed by atoms with E-state index in [1.807, 2.05) is 73.7 Å². The van der Waals surface area contributed by atoms with Crippen LogP contribution in [-0.4, -0.2) is 28.0 Å². The molecule has 0 aliphatic heterocycles. The number of hydrogen-bond acceptors (Lipinski definition) is 5. The highest BCUT2D eigenvalue weighted by atomic mass is 32.2. The summed E-state index contributed by atoms with van der Waals surface area (Å²) in [7, 11) is 0. The molecule has 0 saturated carbocycles. The minimum Gasteiger partial charge on any atom is -0.325 e. The van der Waals surface area contributed by atoms with Gasteiger partial charge in [-0.25, -0.2) is 0 Å². The molecule has 0 radical (unpaired) electrons. The summed E-state index contributed by atoms with van der Waals surface area (Å²) in [5.41, 5.74) is 4.60. The van der Waals surface area contributed by atoms with Gasteiger partial charge >= 0.3 is 0 Å². The zero-order valence-corrected chi connectivity index (χ0v) is 24.8. The number of hydrogen-bond donors (Lipinski definition) is 3. The van der Waals surface area contributed by atoms with Crippen LogP contribution < -0.4 is 16.0 Å². The second-order valence-electron chi connectivity index (χ2n) is 9.83. The number of pyridine rings is 1. The maximum absolute atomic E-state index is 13.5. The number of aromatic nitrogens is 1. The third-order valence-electron chi connectivity index (χ3n) is 6.58. The van der Waals surface area contributed by atoms with Crippen LogP contribution in [0.1, 0.15) is 22.8 Å². The van der Waals surface area contributed by atoms with Gasteiger partial charge in [0.05, 0.1) is 5.25 Å². The first-order chi connectivity index (χ1) is 21.4. The lowest BCUT2D eigenvalue weighted by atomic mass is 10.0. The third-order valence-corrected chi connectivity index (χ3v) is 7.67. The van der Waals surface area contributed by atoms with E-state index in [1.165, 1.54) is 11.8 Å². The normalized spacial score (nSPS) is 11.7. The zero-order valence-electron chi connectivity index (χ0n) is 23.9. The Morgan fingerprint density at radius 3 is 2.07 bits per heavy atom. The quantitative estimate of drug-likeness (QED) is 0.116. The van der Waals surface area contributed by atoms with E-state index >= 15 is 0 Å². The van der Waals surface area contributed by atoms with Gasteiger partial charge in [-0.3, -0.25) is 19.4 Å². The summed E-state index contributed by atoms with van der Waals surface area (Å²) in [6.45, 7) is 1.81. The molecule has 7 nitrogen and oxygen atoms in total. The second kappa shape index (κ2) is 14.6. The van der Waals surface area contributed by atoms with Crippen LogP contribution in [0.15, 0.2) is 144 Å². The van der Waals surface area contributed by atoms with Crippen LogP contribution in [0.5, 0.6) is 0 Å². The smallest absolute Gasteiger partial charge is 0.272 e. The van der Waals surface area contributed by atoms with E-state index in [-0.39, 0.29) is 11.6 Å². The molecule has 0 aliphatic rings. The van der Waals surface area contributed by atoms with Gasteiger partial charge < -0.3 is 16.0 Å². The Labute approximate surface area is 260 Å². The predicted molar refractivity (Wildman–Crippen MR) is 177 cm³/mol. The molecule has 0 spiro atoms. The fraction of sp³-hybridized carbons (Fsp3) is 0.0556. The predicted octanol–water partition coefficient (Wildman–Crippen LogP) is 7.28. The van der Waals surface area contributed by atoms with Crippen molar-refractivity contribution in [2.45, 2.75) is 17.1 Å². The molecule has 218 valence electrons. The number of benzene rings is 4. The summed E-state index contributed by atoms with van der Waals surface area (Å²) in [6.07, 6.45) is 4.88. The molecule has 0 bridgehead atoms. The summed E-state index contributed by atoms with van der Waals surface area (Å²) in [5, 5.41) is 8.16. The number of thioether (sulfide) groups is 1. The van der Waals surface area contributed by atoms with Gasteiger partial charge in [0.15, 0.2) is 0 Å². The molecule has 3 N–H and O–H groups in total. The van der Waals surface area contributed by atoms with Crippen LogP contribution in [0.2, 0.25) is 0 Å². The van der Waals surface area contributed by atoms with Crippen LogP contribution in [0.3, 0.4) is 0 Å². The average molecular weight is 599 g/mol. The van der Waals surface area contributed by atoms with Crippen molar-refractivity contribution in [2.75, 3.05) is 10.6 Å². The molecular formula is C36H30N4O3S. The summed E-state index contributed by atoms with van der Waals surface area (Å²) in [6, 6.07) is 37.2. The summed E-state index contributed by atoms with van der Waals surface area (Å²) < 4.78 is 0. The van der Waals surface area contributed by atoms with Crippen molar-refractivity contribution < 1.29 is 14.4 Å². The van der Waals surface area contributed by atoms with Crippen molar-refractivity contribution in [1.82, 2.24) is 10.3 Å². The minimum absolute atomic E-state index is 0.0921. The molecule has 5 aromatic rings. The minimum atomic E-state index is -0.480. The number of amides is 3. The Hall–Kier alpha value is -5.47. The van der Waals surface area contributed by atoms with Gasteiger partial charge in [0.1, 0.15) is 5.70 Å². The van der Waals surface area contributed by atoms with Crippen molar-refractivity contribution in [3.63, 3.8) is 0 Å². The molecule has 8 heteroatoms. The van der Waals surface area contributed by atoms with Crippen LogP contribution >= 0.6 is 11.8 Å². The van der Waals surface area contributed by atoms with Crippen molar-refractivity contribution in [2.24, 2.45) is 0 Å². The standard InChI is InChI=1S/C36H30N4O3S/c1-25(34(41)38-30-19-21-37-22-20-30)44-32-14-8-13-31(24-32)39-36(43)33(40-35(42)29-11-6-3-7-12-29)23-26-15-17-28(18-16-26)27-9-4-2-5-10-27/h2-25H,1H3,(H,39,43)(H,40,42)(H,37,38,41)/b33-23+. The zero-order chi connectivity index (χ0) is 30.7. The van der Waals surface area contributed by atoms with Crippen molar-refractivity contribution >= 4 is 46.9 Å². The van der Waals surface area contributed by atoms with Crippen molar-refractivity contribution in [3.05, 3.63) is 151 Å². The number of rotatable bonds is 10. The fourth-order valence-electron chi connectivity index (χ4n) is 4.29. The van der Waals surface area contributed by atoms with Gasteiger partial charge in [0.2, 0.25) is 5.91 Å². The molecule has 3 amide bonds. The Morgan fingerprint density at radius 1 is 0.705 bits per heavy atom. The van der Waals surface area contributed by atoms with Crippen LogP contribution in [0.25, 0.3) is 17.2 Å². The third kappa shape index (κ3) is 8.30. The van der Waals surface area contributed by atoms with Gasteiger partial charge in [0, 0.05) is 34.2 Å². The lowest BCUT2D eigenvalue weighted by Crippen LogP contribution is -2.30. The number of carbonyl (C=O) groups excluding carboxylic acids is 3. The van der Waals surface area contributed by atoms with E-state index in [9.17, 15) is 14.4 Å². The number of nitrogens with one attached hydrogen (secondary N) is 3. The van der Waals surface area contributed by atoms with Gasteiger partial charge in [0.25, 0.3) is 11.8 Å². The molecule has 44 heavy (non-hydrogen) atoms. The highest BCUT2D eigenvalue weighted by Crippen LogP contribution is 2.27. The summed E-state index contributed by atoms with van der Waals surface area (Å²) in [5.74, 6) is -1.03. The van der Waals surface area contributed by atoms with Gasteiger partial charge in [-0.2, -0.15) is 0 Å². The molecule has 1 atom stereocenters. The first kappa shape index (κ1) is 30.0. The molecule has 0 fully saturated rings. The maximum Gasteiger partial charge on any atom is 0.272 e. The average Bonchev–Trinajstić information content (AvgIpc) is 3.06. The molecule has 1 unspecified atom stereocenters. The Kier molecular flexibility index (Phi) is 9.97. The van der Waals surface area contributed by atoms with Gasteiger partial charge in [-0.05, 0) is 72.2 Å². The Balaban J connectivity index is 1.32. The lowest BCUT2D eigenvalue weighted by molar-refractivity contribution is -0.115. The van der Waals surface area contributed by atoms with Crippen LogP contribution in [0, 0.1) is 0 Å². The number of carbonyl (C=O) groups is 3. The molecule has 0 aliphatic carbocycles. The van der Waals surface area contributed by atoms with Crippen molar-refractivity contribution in [3.8, 4) is 11.1 Å². The van der Waals surface area contributed by atoms with Crippen LogP contribution in [0.4, 0.5) is 11.4 Å². The molecule has 4 aromatic carbocycles. The first-order valence-corrected chi connectivity index (χ1v) is 14.8. The largest absolute Gasteiger partial charge is 0.325 e. The van der Waals surface area contributed by atoms with Crippen LogP contribution in [-0.2, 0) is 9.59 Å². The Bertz CT molecular complexity index is 1760. The Morgan fingerprint density at radius 2 is 1.36 bits per heavy atom. The van der Waals surface area contributed by atoms with E-state index in [0.29, 0.717) is 16.9 Å². The van der Waals surface area contributed by atoms with E-state index in [1.54, 1.807) is 73.1 Å². The number of anilines is 2. The molecule has 1 aromatic heterocycles. The first-order valence-electron chi connectivity index (χ1n) is 14.0. The monoisotopic (exact) mass is 598 g/mol. The van der Waals surface area contributed by atoms with E-state index in [4.69, 9.17) is 0 Å². The fourth-order valence-corrected chi connectivity index (χ4v) is 5.22. The SMILES string of the molecule is CC(Sc1cccc(NC(=O)/C(=C\c2ccc(-c3ccccc3)cc2)NC(=O)c2ccccc2)c1)C(=O)Nc1ccncc1. The van der Waals surface area contributed by atoms with Gasteiger partial charge in [-0.15, -0.1) is 11.8 Å². The molecule has 1 heterocycles. The second-order valence-corrected chi connectivity index (χ2v) is 11.2. The number of nitrogens with zero attached hydrogens (tertiary/aromatic N) is 1. The molecule has 5 rings (SSSR count). The van der Waals surface area contributed by atoms with Gasteiger partial charge in [-0.1, -0.05) is 78.9 Å². The maximum atomic E-state index is 13.5. The summed E-state index contributed by atoms with van der Waals surface area (Å²) >= 11 is 1.37. The van der Waals surface area contributed by atoms with E-state index in [0.717, 1.165) is 21.6 Å².